The second kappa shape index (κ2) is 9.55. The Morgan fingerprint density at radius 1 is 1.20 bits per heavy atom. The second-order valence-corrected chi connectivity index (χ2v) is 10.3. The fourth-order valence-electron chi connectivity index (χ4n) is 3.43. The highest BCUT2D eigenvalue weighted by molar-refractivity contribution is 7.90. The van der Waals surface area contributed by atoms with Crippen LogP contribution in [0, 0.1) is 12.8 Å². The fourth-order valence-corrected chi connectivity index (χ4v) is 4.42. The van der Waals surface area contributed by atoms with Crippen LogP contribution in [0.2, 0.25) is 0 Å². The number of benzene rings is 1. The molecule has 30 heavy (non-hydrogen) atoms. The van der Waals surface area contributed by atoms with Crippen molar-refractivity contribution in [3.05, 3.63) is 35.4 Å². The van der Waals surface area contributed by atoms with Crippen LogP contribution in [-0.4, -0.2) is 57.4 Å². The summed E-state index contributed by atoms with van der Waals surface area (Å²) < 4.78 is 61.6. The van der Waals surface area contributed by atoms with Gasteiger partial charge in [0.25, 0.3) is 0 Å². The Morgan fingerprint density at radius 2 is 1.83 bits per heavy atom. The number of hydrogen-bond donors (Lipinski definition) is 2. The van der Waals surface area contributed by atoms with Gasteiger partial charge < -0.3 is 10.6 Å². The summed E-state index contributed by atoms with van der Waals surface area (Å²) in [6.07, 6.45) is 0.738. The van der Waals surface area contributed by atoms with Gasteiger partial charge in [-0.15, -0.1) is 0 Å². The van der Waals surface area contributed by atoms with Crippen molar-refractivity contribution in [2.45, 2.75) is 44.5 Å². The summed E-state index contributed by atoms with van der Waals surface area (Å²) in [4.78, 5) is 4.21. The van der Waals surface area contributed by atoms with E-state index in [1.54, 1.807) is 7.05 Å². The molecule has 0 spiro atoms. The molecule has 1 heterocycles. The highest BCUT2D eigenvalue weighted by Crippen LogP contribution is 2.30. The normalized spacial score (nSPS) is 17.8. The molecule has 2 N–H and O–H groups in total. The Morgan fingerprint density at radius 3 is 2.37 bits per heavy atom. The molecule has 1 fully saturated rings. The predicted octanol–water partition coefficient (Wildman–Crippen LogP) is 3.00. The summed E-state index contributed by atoms with van der Waals surface area (Å²) in [5.41, 5.74) is -2.96. The molecule has 0 saturated carbocycles. The first-order valence-corrected chi connectivity index (χ1v) is 11.4. The molecule has 0 bridgehead atoms. The zero-order valence-corrected chi connectivity index (χ0v) is 18.7. The molecule has 0 amide bonds. The number of nitrogens with zero attached hydrogens (tertiary/aromatic N) is 2. The van der Waals surface area contributed by atoms with Crippen LogP contribution in [0.4, 0.5) is 13.2 Å². The van der Waals surface area contributed by atoms with Gasteiger partial charge in [0.1, 0.15) is 0 Å². The van der Waals surface area contributed by atoms with E-state index in [-0.39, 0.29) is 24.4 Å². The van der Waals surface area contributed by atoms with Gasteiger partial charge >= 0.3 is 15.5 Å². The molecule has 2 rings (SSSR count). The van der Waals surface area contributed by atoms with Gasteiger partial charge in [0.2, 0.25) is 0 Å². The number of nitrogens with one attached hydrogen (secondary N) is 2. The van der Waals surface area contributed by atoms with Crippen molar-refractivity contribution < 1.29 is 21.6 Å². The monoisotopic (exact) mass is 448 g/mol. The van der Waals surface area contributed by atoms with Crippen LogP contribution in [0.5, 0.6) is 0 Å². The highest BCUT2D eigenvalue weighted by atomic mass is 32.2. The maximum absolute atomic E-state index is 12.7. The predicted molar refractivity (Wildman–Crippen MR) is 113 cm³/mol. The molecule has 1 saturated heterocycles. The standard InChI is InChI=1S/C20H31F3N4O2S/c1-15-6-5-7-17(12-15)19(2,3)14-26-18(24-4)25-13-16-8-10-27(11-9-16)30(28,29)20(21,22)23/h5-7,12,16H,8-11,13-14H2,1-4H3,(H2,24,25,26). The van der Waals surface area contributed by atoms with E-state index in [1.165, 1.54) is 11.1 Å². The summed E-state index contributed by atoms with van der Waals surface area (Å²) >= 11 is 0. The van der Waals surface area contributed by atoms with Crippen LogP contribution in [0.25, 0.3) is 0 Å². The molecule has 6 nitrogen and oxygen atoms in total. The molecule has 0 aliphatic carbocycles. The topological polar surface area (TPSA) is 73.8 Å². The van der Waals surface area contributed by atoms with Crippen molar-refractivity contribution in [1.29, 1.82) is 0 Å². The smallest absolute Gasteiger partial charge is 0.356 e. The van der Waals surface area contributed by atoms with Gasteiger partial charge in [0, 0.05) is 38.6 Å². The Kier molecular flexibility index (Phi) is 7.79. The lowest BCUT2D eigenvalue weighted by atomic mass is 9.84. The number of aliphatic imine (C=N–C) groups is 1. The maximum atomic E-state index is 12.7. The van der Waals surface area contributed by atoms with Crippen LogP contribution in [0.1, 0.15) is 37.8 Å². The summed E-state index contributed by atoms with van der Waals surface area (Å²) in [6, 6.07) is 8.33. The average molecular weight is 449 g/mol. The lowest BCUT2D eigenvalue weighted by molar-refractivity contribution is -0.0496. The number of halogens is 3. The molecular formula is C20H31F3N4O2S. The molecule has 0 aromatic heterocycles. The number of rotatable bonds is 6. The van der Waals surface area contributed by atoms with E-state index < -0.39 is 15.5 Å². The molecule has 1 aromatic carbocycles. The Labute approximate surface area is 177 Å². The maximum Gasteiger partial charge on any atom is 0.511 e. The van der Waals surface area contributed by atoms with Crippen LogP contribution in [0.15, 0.2) is 29.3 Å². The summed E-state index contributed by atoms with van der Waals surface area (Å²) in [6.45, 7) is 7.25. The van der Waals surface area contributed by atoms with Crippen LogP contribution >= 0.6 is 0 Å². The zero-order chi connectivity index (χ0) is 22.6. The van der Waals surface area contributed by atoms with E-state index in [0.717, 1.165) is 0 Å². The molecule has 1 aliphatic rings. The first kappa shape index (κ1) is 24.5. The van der Waals surface area contributed by atoms with Crippen LogP contribution in [-0.2, 0) is 15.4 Å². The molecule has 1 aromatic rings. The summed E-state index contributed by atoms with van der Waals surface area (Å²) in [5.74, 6) is 0.689. The Bertz CT molecular complexity index is 846. The first-order chi connectivity index (χ1) is 13.9. The SMILES string of the molecule is CN=C(NCC1CCN(S(=O)(=O)C(F)(F)F)CC1)NCC(C)(C)c1cccc(C)c1. The largest absolute Gasteiger partial charge is 0.511 e. The molecule has 0 radical (unpaired) electrons. The minimum absolute atomic E-state index is 0.0769. The fraction of sp³-hybridized carbons (Fsp3) is 0.650. The van der Waals surface area contributed by atoms with E-state index in [9.17, 15) is 21.6 Å². The third-order valence-electron chi connectivity index (χ3n) is 5.49. The van der Waals surface area contributed by atoms with Gasteiger partial charge in [-0.05, 0) is 31.2 Å². The van der Waals surface area contributed by atoms with Crippen molar-refractivity contribution in [3.8, 4) is 0 Å². The van der Waals surface area contributed by atoms with Gasteiger partial charge in [0.15, 0.2) is 5.96 Å². The quantitative estimate of drug-likeness (QED) is 0.518. The number of piperidine rings is 1. The molecule has 0 atom stereocenters. The number of aryl methyl sites for hydroxylation is 1. The third kappa shape index (κ3) is 6.10. The van der Waals surface area contributed by atoms with Crippen molar-refractivity contribution in [2.75, 3.05) is 33.2 Å². The van der Waals surface area contributed by atoms with E-state index in [1.807, 2.05) is 6.07 Å². The van der Waals surface area contributed by atoms with E-state index >= 15 is 0 Å². The van der Waals surface area contributed by atoms with Crippen molar-refractivity contribution in [3.63, 3.8) is 0 Å². The lowest BCUT2D eigenvalue weighted by Crippen LogP contribution is -2.48. The van der Waals surface area contributed by atoms with Gasteiger partial charge in [-0.3, -0.25) is 4.99 Å². The number of alkyl halides is 3. The molecule has 0 unspecified atom stereocenters. The zero-order valence-electron chi connectivity index (χ0n) is 17.9. The third-order valence-corrected chi connectivity index (χ3v) is 7.11. The van der Waals surface area contributed by atoms with Crippen molar-refractivity contribution in [2.24, 2.45) is 10.9 Å². The van der Waals surface area contributed by atoms with Gasteiger partial charge in [-0.25, -0.2) is 8.42 Å². The number of hydrogen-bond acceptors (Lipinski definition) is 3. The lowest BCUT2D eigenvalue weighted by Gasteiger charge is -2.32. The molecular weight excluding hydrogens is 417 g/mol. The highest BCUT2D eigenvalue weighted by Gasteiger charge is 2.50. The van der Waals surface area contributed by atoms with Crippen LogP contribution in [0.3, 0.4) is 0 Å². The minimum Gasteiger partial charge on any atom is -0.356 e. The molecule has 170 valence electrons. The summed E-state index contributed by atoms with van der Waals surface area (Å²) in [5, 5.41) is 6.51. The molecule has 10 heteroatoms. The number of guanidine groups is 1. The van der Waals surface area contributed by atoms with E-state index in [0.29, 0.717) is 36.2 Å². The van der Waals surface area contributed by atoms with Gasteiger partial charge in [-0.2, -0.15) is 17.5 Å². The second-order valence-electron chi connectivity index (χ2n) is 8.35. The number of sulfonamides is 1. The van der Waals surface area contributed by atoms with Crippen LogP contribution < -0.4 is 10.6 Å². The summed E-state index contributed by atoms with van der Waals surface area (Å²) in [7, 11) is -3.58. The average Bonchev–Trinajstić information content (AvgIpc) is 2.67. The Hall–Kier alpha value is -1.81. The minimum atomic E-state index is -5.24. The van der Waals surface area contributed by atoms with Gasteiger partial charge in [-0.1, -0.05) is 43.7 Å². The van der Waals surface area contributed by atoms with E-state index in [2.05, 4.69) is 54.6 Å². The van der Waals surface area contributed by atoms with Crippen molar-refractivity contribution >= 4 is 16.0 Å². The van der Waals surface area contributed by atoms with E-state index in [4.69, 9.17) is 0 Å². The Balaban J connectivity index is 1.83. The first-order valence-electron chi connectivity index (χ1n) is 9.95. The van der Waals surface area contributed by atoms with Crippen molar-refractivity contribution in [1.82, 2.24) is 14.9 Å². The van der Waals surface area contributed by atoms with Gasteiger partial charge in [0.05, 0.1) is 0 Å². The molecule has 1 aliphatic heterocycles.